The molecule has 0 aliphatic rings. The van der Waals surface area contributed by atoms with Crippen molar-refractivity contribution in [3.05, 3.63) is 48.0 Å². The predicted octanol–water partition coefficient (Wildman–Crippen LogP) is 3.71. The van der Waals surface area contributed by atoms with Crippen LogP contribution in [0.2, 0.25) is 0 Å². The number of benzene rings is 2. The van der Waals surface area contributed by atoms with Gasteiger partial charge in [-0.25, -0.2) is 0 Å². The van der Waals surface area contributed by atoms with Crippen molar-refractivity contribution in [2.75, 3.05) is 19.0 Å². The monoisotopic (exact) mass is 374 g/mol. The number of aromatic hydroxyl groups is 1. The van der Waals surface area contributed by atoms with Gasteiger partial charge in [0, 0.05) is 11.6 Å². The van der Waals surface area contributed by atoms with Crippen LogP contribution >= 0.6 is 12.2 Å². The summed E-state index contributed by atoms with van der Waals surface area (Å²) in [7, 11) is 1.52. The molecule has 2 aromatic rings. The standard InChI is InChI=1S/C19H22N2O4S/c1-3-4-10-25-15-7-5-6-13(11-15)18(23)21-19(26)20-16-12-14(24-2)8-9-17(16)22/h5-9,11-12,22H,3-4,10H2,1-2H3,(H2,20,21,23,26). The first kappa shape index (κ1) is 19.5. The van der Waals surface area contributed by atoms with Gasteiger partial charge in [-0.05, 0) is 49.0 Å². The number of hydrogen-bond donors (Lipinski definition) is 3. The fraction of sp³-hybridized carbons (Fsp3) is 0.263. The van der Waals surface area contributed by atoms with Crippen LogP contribution in [0, 0.1) is 0 Å². The van der Waals surface area contributed by atoms with Crippen molar-refractivity contribution in [2.45, 2.75) is 19.8 Å². The molecule has 26 heavy (non-hydrogen) atoms. The maximum atomic E-state index is 12.4. The molecule has 2 rings (SSSR count). The van der Waals surface area contributed by atoms with Gasteiger partial charge >= 0.3 is 0 Å². The minimum absolute atomic E-state index is 0.00581. The average Bonchev–Trinajstić information content (AvgIpc) is 2.64. The van der Waals surface area contributed by atoms with Gasteiger partial charge in [0.1, 0.15) is 17.2 Å². The van der Waals surface area contributed by atoms with Crippen LogP contribution in [-0.4, -0.2) is 29.8 Å². The first-order valence-corrected chi connectivity index (χ1v) is 8.66. The van der Waals surface area contributed by atoms with Gasteiger partial charge in [0.2, 0.25) is 0 Å². The van der Waals surface area contributed by atoms with Crippen LogP contribution in [0.3, 0.4) is 0 Å². The van der Waals surface area contributed by atoms with E-state index in [0.717, 1.165) is 12.8 Å². The molecule has 0 fully saturated rings. The lowest BCUT2D eigenvalue weighted by atomic mass is 10.2. The second kappa shape index (κ2) is 9.62. The van der Waals surface area contributed by atoms with Crippen molar-refractivity contribution < 1.29 is 19.4 Å². The molecule has 138 valence electrons. The zero-order valence-corrected chi connectivity index (χ0v) is 15.6. The van der Waals surface area contributed by atoms with Crippen LogP contribution in [0.25, 0.3) is 0 Å². The van der Waals surface area contributed by atoms with Gasteiger partial charge in [-0.2, -0.15) is 0 Å². The minimum Gasteiger partial charge on any atom is -0.506 e. The number of ether oxygens (including phenoxy) is 2. The average molecular weight is 374 g/mol. The third-order valence-electron chi connectivity index (χ3n) is 3.54. The van der Waals surface area contributed by atoms with E-state index >= 15 is 0 Å². The summed E-state index contributed by atoms with van der Waals surface area (Å²) in [5.41, 5.74) is 0.768. The molecule has 0 saturated heterocycles. The normalized spacial score (nSPS) is 10.1. The summed E-state index contributed by atoms with van der Waals surface area (Å²) in [5, 5.41) is 15.3. The Morgan fingerprint density at radius 1 is 1.19 bits per heavy atom. The summed E-state index contributed by atoms with van der Waals surface area (Å²) in [6, 6.07) is 11.6. The molecule has 6 nitrogen and oxygen atoms in total. The molecule has 0 aliphatic heterocycles. The van der Waals surface area contributed by atoms with Gasteiger partial charge in [0.15, 0.2) is 5.11 Å². The van der Waals surface area contributed by atoms with Crippen molar-refractivity contribution in [1.82, 2.24) is 5.32 Å². The number of nitrogens with one attached hydrogen (secondary N) is 2. The molecule has 0 aromatic heterocycles. The van der Waals surface area contributed by atoms with E-state index in [-0.39, 0.29) is 16.8 Å². The maximum absolute atomic E-state index is 12.4. The van der Waals surface area contributed by atoms with Crippen LogP contribution < -0.4 is 20.1 Å². The number of amides is 1. The number of methoxy groups -OCH3 is 1. The Morgan fingerprint density at radius 2 is 2.00 bits per heavy atom. The number of anilines is 1. The van der Waals surface area contributed by atoms with Gasteiger partial charge in [-0.1, -0.05) is 19.4 Å². The highest BCUT2D eigenvalue weighted by molar-refractivity contribution is 7.80. The van der Waals surface area contributed by atoms with Crippen molar-refractivity contribution in [3.63, 3.8) is 0 Å². The summed E-state index contributed by atoms with van der Waals surface area (Å²) >= 11 is 5.14. The van der Waals surface area contributed by atoms with E-state index in [9.17, 15) is 9.90 Å². The molecule has 0 heterocycles. The van der Waals surface area contributed by atoms with E-state index in [1.807, 2.05) is 0 Å². The van der Waals surface area contributed by atoms with Crippen LogP contribution in [0.4, 0.5) is 5.69 Å². The molecule has 7 heteroatoms. The van der Waals surface area contributed by atoms with E-state index in [1.165, 1.54) is 13.2 Å². The second-order valence-electron chi connectivity index (χ2n) is 5.52. The van der Waals surface area contributed by atoms with Crippen LogP contribution in [-0.2, 0) is 0 Å². The summed E-state index contributed by atoms with van der Waals surface area (Å²) < 4.78 is 10.7. The molecule has 3 N–H and O–H groups in total. The quantitative estimate of drug-likeness (QED) is 0.390. The predicted molar refractivity (Wildman–Crippen MR) is 105 cm³/mol. The number of rotatable bonds is 7. The lowest BCUT2D eigenvalue weighted by Crippen LogP contribution is -2.34. The van der Waals surface area contributed by atoms with Gasteiger partial charge in [0.25, 0.3) is 5.91 Å². The zero-order valence-electron chi connectivity index (χ0n) is 14.7. The number of hydrogen-bond acceptors (Lipinski definition) is 5. The fourth-order valence-electron chi connectivity index (χ4n) is 2.13. The van der Waals surface area contributed by atoms with E-state index in [2.05, 4.69) is 17.6 Å². The number of phenols is 1. The summed E-state index contributed by atoms with van der Waals surface area (Å²) in [6.45, 7) is 2.69. The Labute approximate surface area is 158 Å². The number of carbonyl (C=O) groups is 1. The van der Waals surface area contributed by atoms with Gasteiger partial charge in [-0.15, -0.1) is 0 Å². The van der Waals surface area contributed by atoms with Crippen molar-refractivity contribution >= 4 is 28.9 Å². The Bertz CT molecular complexity index is 780. The Kier molecular flexibility index (Phi) is 7.23. The van der Waals surface area contributed by atoms with Gasteiger partial charge in [0.05, 0.1) is 19.4 Å². The smallest absolute Gasteiger partial charge is 0.257 e. The summed E-state index contributed by atoms with van der Waals surface area (Å²) in [4.78, 5) is 12.4. The molecule has 0 spiro atoms. The molecule has 0 unspecified atom stereocenters. The highest BCUT2D eigenvalue weighted by Gasteiger charge is 2.11. The molecule has 0 atom stereocenters. The number of phenolic OH excluding ortho intramolecular Hbond substituents is 1. The molecule has 0 bridgehead atoms. The lowest BCUT2D eigenvalue weighted by Gasteiger charge is -2.12. The van der Waals surface area contributed by atoms with E-state index in [1.54, 1.807) is 36.4 Å². The molecular weight excluding hydrogens is 352 g/mol. The maximum Gasteiger partial charge on any atom is 0.257 e. The number of thiocarbonyl (C=S) groups is 1. The highest BCUT2D eigenvalue weighted by atomic mass is 32.1. The molecule has 0 radical (unpaired) electrons. The largest absolute Gasteiger partial charge is 0.506 e. The minimum atomic E-state index is -0.370. The SMILES string of the molecule is CCCCOc1cccc(C(=O)NC(=S)Nc2cc(OC)ccc2O)c1. The van der Waals surface area contributed by atoms with Crippen LogP contribution in [0.5, 0.6) is 17.2 Å². The molecule has 0 saturated carbocycles. The molecular formula is C19H22N2O4S. The molecule has 1 amide bonds. The highest BCUT2D eigenvalue weighted by Crippen LogP contribution is 2.27. The summed E-state index contributed by atoms with van der Waals surface area (Å²) in [6.07, 6.45) is 1.99. The number of unbranched alkanes of at least 4 members (excludes halogenated alkanes) is 1. The Balaban J connectivity index is 1.99. The topological polar surface area (TPSA) is 79.8 Å². The van der Waals surface area contributed by atoms with Gasteiger partial charge in [-0.3, -0.25) is 10.1 Å². The lowest BCUT2D eigenvalue weighted by molar-refractivity contribution is 0.0977. The second-order valence-corrected chi connectivity index (χ2v) is 5.93. The van der Waals surface area contributed by atoms with Crippen molar-refractivity contribution in [2.24, 2.45) is 0 Å². The third-order valence-corrected chi connectivity index (χ3v) is 3.75. The Morgan fingerprint density at radius 3 is 2.73 bits per heavy atom. The first-order chi connectivity index (χ1) is 12.5. The molecule has 0 aliphatic carbocycles. The molecule has 2 aromatic carbocycles. The van der Waals surface area contributed by atoms with E-state index in [4.69, 9.17) is 21.7 Å². The van der Waals surface area contributed by atoms with Crippen LogP contribution in [0.15, 0.2) is 42.5 Å². The fourth-order valence-corrected chi connectivity index (χ4v) is 2.34. The zero-order chi connectivity index (χ0) is 18.9. The van der Waals surface area contributed by atoms with Crippen molar-refractivity contribution in [1.29, 1.82) is 0 Å². The van der Waals surface area contributed by atoms with Crippen molar-refractivity contribution in [3.8, 4) is 17.2 Å². The number of carbonyl (C=O) groups excluding carboxylic acids is 1. The van der Waals surface area contributed by atoms with E-state index < -0.39 is 0 Å². The van der Waals surface area contributed by atoms with E-state index in [0.29, 0.717) is 29.4 Å². The summed E-state index contributed by atoms with van der Waals surface area (Å²) in [5.74, 6) is 0.811. The van der Waals surface area contributed by atoms with Gasteiger partial charge < -0.3 is 19.9 Å². The Hall–Kier alpha value is -2.80. The van der Waals surface area contributed by atoms with Crippen LogP contribution in [0.1, 0.15) is 30.1 Å². The third kappa shape index (κ3) is 5.63. The first-order valence-electron chi connectivity index (χ1n) is 8.25.